The largest absolute Gasteiger partial charge is 0.350 e. The van der Waals surface area contributed by atoms with Crippen molar-refractivity contribution in [2.75, 3.05) is 19.1 Å². The Bertz CT molecular complexity index is 113. The van der Waals surface area contributed by atoms with Crippen LogP contribution in [0.2, 0.25) is 0 Å². The van der Waals surface area contributed by atoms with Crippen molar-refractivity contribution in [2.24, 2.45) is 0 Å². The standard InChI is InChI=1S/C7H13Cl3O2/c1-3-11-6(12-4-2)7(9,10)5-8/h6H,3-5H2,1-2H3. The lowest BCUT2D eigenvalue weighted by Gasteiger charge is -2.27. The van der Waals surface area contributed by atoms with E-state index in [4.69, 9.17) is 44.3 Å². The van der Waals surface area contributed by atoms with E-state index in [2.05, 4.69) is 0 Å². The second-order valence-electron chi connectivity index (χ2n) is 2.14. The summed E-state index contributed by atoms with van der Waals surface area (Å²) < 4.78 is 9.16. The number of halogens is 3. The van der Waals surface area contributed by atoms with Crippen LogP contribution in [0.3, 0.4) is 0 Å². The lowest BCUT2D eigenvalue weighted by atomic mass is 10.4. The lowest BCUT2D eigenvalue weighted by molar-refractivity contribution is -0.140. The molecule has 0 N–H and O–H groups in total. The molecule has 0 aromatic heterocycles. The van der Waals surface area contributed by atoms with Crippen LogP contribution in [-0.4, -0.2) is 29.7 Å². The first kappa shape index (κ1) is 12.8. The van der Waals surface area contributed by atoms with E-state index in [-0.39, 0.29) is 5.88 Å². The Morgan fingerprint density at radius 1 is 1.17 bits per heavy atom. The molecule has 5 heteroatoms. The molecule has 74 valence electrons. The summed E-state index contributed by atoms with van der Waals surface area (Å²) in [5.41, 5.74) is 0. The SMILES string of the molecule is CCOC(OCC)C(Cl)(Cl)CCl. The third-order valence-corrected chi connectivity index (χ3v) is 2.48. The van der Waals surface area contributed by atoms with Gasteiger partial charge in [0.2, 0.25) is 0 Å². The third kappa shape index (κ3) is 4.15. The molecule has 0 aliphatic rings. The molecule has 2 nitrogen and oxygen atoms in total. The highest BCUT2D eigenvalue weighted by Gasteiger charge is 2.35. The van der Waals surface area contributed by atoms with Crippen LogP contribution in [0.15, 0.2) is 0 Å². The Kier molecular flexibility index (Phi) is 6.69. The molecular formula is C7H13Cl3O2. The molecule has 0 unspecified atom stereocenters. The van der Waals surface area contributed by atoms with Gasteiger partial charge >= 0.3 is 0 Å². The van der Waals surface area contributed by atoms with Gasteiger partial charge in [0.1, 0.15) is 0 Å². The van der Waals surface area contributed by atoms with E-state index in [1.54, 1.807) is 0 Å². The average molecular weight is 236 g/mol. The summed E-state index contributed by atoms with van der Waals surface area (Å²) in [6.45, 7) is 4.65. The number of rotatable bonds is 6. The van der Waals surface area contributed by atoms with E-state index < -0.39 is 10.6 Å². The van der Waals surface area contributed by atoms with Crippen LogP contribution in [-0.2, 0) is 9.47 Å². The maximum absolute atomic E-state index is 5.83. The molecule has 0 rings (SSSR count). The number of ether oxygens (including phenoxy) is 2. The Balaban J connectivity index is 4.07. The zero-order valence-electron chi connectivity index (χ0n) is 7.15. The third-order valence-electron chi connectivity index (χ3n) is 1.16. The zero-order valence-corrected chi connectivity index (χ0v) is 9.42. The second kappa shape index (κ2) is 6.28. The van der Waals surface area contributed by atoms with E-state index in [1.165, 1.54) is 0 Å². The van der Waals surface area contributed by atoms with Crippen LogP contribution >= 0.6 is 34.8 Å². The minimum absolute atomic E-state index is 0.0702. The summed E-state index contributed by atoms with van der Waals surface area (Å²) in [5.74, 6) is 0.0702. The van der Waals surface area contributed by atoms with Gasteiger partial charge in [0, 0.05) is 13.2 Å². The monoisotopic (exact) mass is 234 g/mol. The van der Waals surface area contributed by atoms with E-state index >= 15 is 0 Å². The summed E-state index contributed by atoms with van der Waals surface area (Å²) in [7, 11) is 0. The Morgan fingerprint density at radius 3 is 1.83 bits per heavy atom. The highest BCUT2D eigenvalue weighted by atomic mass is 35.5. The molecule has 0 aromatic carbocycles. The lowest BCUT2D eigenvalue weighted by Crippen LogP contribution is -2.37. The summed E-state index contributed by atoms with van der Waals surface area (Å²) >= 11 is 17.2. The van der Waals surface area contributed by atoms with Gasteiger partial charge in [-0.25, -0.2) is 0 Å². The summed E-state index contributed by atoms with van der Waals surface area (Å²) in [6.07, 6.45) is -0.659. The van der Waals surface area contributed by atoms with Crippen molar-refractivity contribution in [3.05, 3.63) is 0 Å². The second-order valence-corrected chi connectivity index (χ2v) is 3.95. The van der Waals surface area contributed by atoms with Crippen LogP contribution < -0.4 is 0 Å². The molecule has 0 saturated carbocycles. The number of alkyl halides is 3. The molecule has 0 aromatic rings. The van der Waals surface area contributed by atoms with Crippen molar-refractivity contribution in [3.8, 4) is 0 Å². The normalized spacial score (nSPS) is 12.5. The first-order chi connectivity index (χ1) is 5.58. The van der Waals surface area contributed by atoms with Crippen molar-refractivity contribution < 1.29 is 9.47 Å². The number of hydrogen-bond donors (Lipinski definition) is 0. The van der Waals surface area contributed by atoms with Crippen molar-refractivity contribution in [2.45, 2.75) is 24.5 Å². The smallest absolute Gasteiger partial charge is 0.191 e. The van der Waals surface area contributed by atoms with Crippen LogP contribution in [0.1, 0.15) is 13.8 Å². The van der Waals surface area contributed by atoms with Crippen LogP contribution in [0, 0.1) is 0 Å². The molecule has 0 amide bonds. The zero-order chi connectivity index (χ0) is 9.61. The highest BCUT2D eigenvalue weighted by molar-refractivity contribution is 6.51. The molecular weight excluding hydrogens is 222 g/mol. The van der Waals surface area contributed by atoms with Gasteiger partial charge in [-0.3, -0.25) is 0 Å². The molecule has 0 radical (unpaired) electrons. The topological polar surface area (TPSA) is 18.5 Å². The van der Waals surface area contributed by atoms with Crippen LogP contribution in [0.4, 0.5) is 0 Å². The van der Waals surface area contributed by atoms with Crippen molar-refractivity contribution >= 4 is 34.8 Å². The minimum atomic E-state index is -1.17. The molecule has 0 spiro atoms. The first-order valence-electron chi connectivity index (χ1n) is 3.75. The van der Waals surface area contributed by atoms with E-state index in [9.17, 15) is 0 Å². The quantitative estimate of drug-likeness (QED) is 0.521. The Labute approximate surface area is 88.1 Å². The fourth-order valence-electron chi connectivity index (χ4n) is 0.658. The first-order valence-corrected chi connectivity index (χ1v) is 5.04. The maximum Gasteiger partial charge on any atom is 0.191 e. The van der Waals surface area contributed by atoms with Crippen molar-refractivity contribution in [1.82, 2.24) is 0 Å². The van der Waals surface area contributed by atoms with Gasteiger partial charge in [0.15, 0.2) is 10.6 Å². The molecule has 0 bridgehead atoms. The summed E-state index contributed by atoms with van der Waals surface area (Å²) in [5, 5.41) is 0. The van der Waals surface area contributed by atoms with Gasteiger partial charge in [-0.05, 0) is 13.8 Å². The van der Waals surface area contributed by atoms with Crippen molar-refractivity contribution in [3.63, 3.8) is 0 Å². The summed E-state index contributed by atoms with van der Waals surface area (Å²) in [6, 6.07) is 0. The predicted octanol–water partition coefficient (Wildman–Crippen LogP) is 2.80. The van der Waals surface area contributed by atoms with Gasteiger partial charge in [-0.2, -0.15) is 0 Å². The van der Waals surface area contributed by atoms with E-state index in [0.29, 0.717) is 13.2 Å². The van der Waals surface area contributed by atoms with Gasteiger partial charge < -0.3 is 9.47 Å². The maximum atomic E-state index is 5.83. The predicted molar refractivity (Wildman–Crippen MR) is 52.2 cm³/mol. The molecule has 0 saturated heterocycles. The molecule has 0 fully saturated rings. The van der Waals surface area contributed by atoms with Crippen LogP contribution in [0.5, 0.6) is 0 Å². The Hall–Kier alpha value is 0.790. The molecule has 12 heavy (non-hydrogen) atoms. The van der Waals surface area contributed by atoms with Gasteiger partial charge in [0.25, 0.3) is 0 Å². The minimum Gasteiger partial charge on any atom is -0.350 e. The van der Waals surface area contributed by atoms with Gasteiger partial charge in [0.05, 0.1) is 5.88 Å². The summed E-state index contributed by atoms with van der Waals surface area (Å²) in [4.78, 5) is 0. The van der Waals surface area contributed by atoms with Crippen molar-refractivity contribution in [1.29, 1.82) is 0 Å². The fraction of sp³-hybridized carbons (Fsp3) is 1.00. The highest BCUT2D eigenvalue weighted by Crippen LogP contribution is 2.29. The molecule has 0 atom stereocenters. The van der Waals surface area contributed by atoms with Crippen LogP contribution in [0.25, 0.3) is 0 Å². The Morgan fingerprint density at radius 2 is 1.58 bits per heavy atom. The fourth-order valence-corrected chi connectivity index (χ4v) is 1.04. The van der Waals surface area contributed by atoms with Gasteiger partial charge in [-0.1, -0.05) is 23.2 Å². The molecule has 0 aliphatic heterocycles. The van der Waals surface area contributed by atoms with Gasteiger partial charge in [-0.15, -0.1) is 11.6 Å². The van der Waals surface area contributed by atoms with E-state index in [0.717, 1.165) is 0 Å². The molecule has 0 aliphatic carbocycles. The number of hydrogen-bond acceptors (Lipinski definition) is 2. The van der Waals surface area contributed by atoms with E-state index in [1.807, 2.05) is 13.8 Å². The average Bonchev–Trinajstić information content (AvgIpc) is 2.04. The molecule has 0 heterocycles.